The van der Waals surface area contributed by atoms with E-state index < -0.39 is 0 Å². The van der Waals surface area contributed by atoms with Crippen molar-refractivity contribution in [2.45, 2.75) is 32.2 Å². The van der Waals surface area contributed by atoms with Crippen LogP contribution in [0.25, 0.3) is 0 Å². The molecule has 0 saturated carbocycles. The summed E-state index contributed by atoms with van der Waals surface area (Å²) in [6, 6.07) is 0.223. The molecule has 0 fully saturated rings. The Hall–Kier alpha value is -1.02. The molecule has 0 unspecified atom stereocenters. The number of rotatable bonds is 2. The number of anilines is 1. The molecular formula is C12H15ClN4OS2. The lowest BCUT2D eigenvalue weighted by Gasteiger charge is -2.15. The summed E-state index contributed by atoms with van der Waals surface area (Å²) in [5, 5.41) is 4.39. The van der Waals surface area contributed by atoms with Gasteiger partial charge in [-0.05, 0) is 26.2 Å². The molecule has 0 spiro atoms. The van der Waals surface area contributed by atoms with Gasteiger partial charge in [0.15, 0.2) is 5.13 Å². The third-order valence-electron chi connectivity index (χ3n) is 3.04. The Morgan fingerprint density at radius 2 is 2.30 bits per heavy atom. The molecule has 1 aliphatic rings. The number of amides is 1. The largest absolute Gasteiger partial charge is 0.327 e. The van der Waals surface area contributed by atoms with Crippen LogP contribution in [0.2, 0.25) is 0 Å². The van der Waals surface area contributed by atoms with Crippen molar-refractivity contribution in [3.8, 4) is 0 Å². The standard InChI is InChI=1S/C12H14N4OS2.ClH/c1-6-14-5-10(18-6)11(17)16-12-15-8-3-2-7(13)4-9(8)19-12;/h5,7H,2-4,13H2,1H3,(H,15,16,17);1H/t7-;/m0./s1. The summed E-state index contributed by atoms with van der Waals surface area (Å²) in [7, 11) is 0. The zero-order valence-electron chi connectivity index (χ0n) is 10.9. The highest BCUT2D eigenvalue weighted by atomic mass is 35.5. The van der Waals surface area contributed by atoms with Crippen LogP contribution in [0, 0.1) is 6.92 Å². The molecule has 1 aliphatic carbocycles. The normalized spacial score (nSPS) is 17.2. The highest BCUT2D eigenvalue weighted by Crippen LogP contribution is 2.29. The van der Waals surface area contributed by atoms with Gasteiger partial charge < -0.3 is 5.73 Å². The van der Waals surface area contributed by atoms with Crippen molar-refractivity contribution >= 4 is 46.1 Å². The van der Waals surface area contributed by atoms with Crippen LogP contribution in [0.1, 0.15) is 31.7 Å². The van der Waals surface area contributed by atoms with E-state index in [1.165, 1.54) is 27.6 Å². The zero-order chi connectivity index (χ0) is 13.4. The van der Waals surface area contributed by atoms with E-state index in [9.17, 15) is 4.79 Å². The second-order valence-corrected chi connectivity index (χ2v) is 6.91. The number of hydrogen-bond acceptors (Lipinski definition) is 6. The monoisotopic (exact) mass is 330 g/mol. The maximum Gasteiger partial charge on any atom is 0.269 e. The first-order valence-electron chi connectivity index (χ1n) is 6.10. The number of nitrogens with one attached hydrogen (secondary N) is 1. The predicted molar refractivity (Wildman–Crippen MR) is 84.2 cm³/mol. The lowest BCUT2D eigenvalue weighted by Crippen LogP contribution is -2.26. The Labute approximate surface area is 131 Å². The maximum absolute atomic E-state index is 12.0. The molecule has 3 rings (SSSR count). The fourth-order valence-electron chi connectivity index (χ4n) is 2.08. The smallest absolute Gasteiger partial charge is 0.269 e. The highest BCUT2D eigenvalue weighted by molar-refractivity contribution is 7.16. The van der Waals surface area contributed by atoms with E-state index in [1.54, 1.807) is 6.20 Å². The average molecular weight is 331 g/mol. The lowest BCUT2D eigenvalue weighted by atomic mass is 9.99. The van der Waals surface area contributed by atoms with Gasteiger partial charge in [-0.15, -0.1) is 35.1 Å². The zero-order valence-corrected chi connectivity index (χ0v) is 13.3. The van der Waals surface area contributed by atoms with E-state index in [-0.39, 0.29) is 24.4 Å². The molecule has 0 radical (unpaired) electrons. The molecule has 1 amide bonds. The summed E-state index contributed by atoms with van der Waals surface area (Å²) >= 11 is 2.91. The number of halogens is 1. The van der Waals surface area contributed by atoms with E-state index >= 15 is 0 Å². The van der Waals surface area contributed by atoms with Crippen LogP contribution in [-0.2, 0) is 12.8 Å². The molecule has 108 valence electrons. The maximum atomic E-state index is 12.0. The average Bonchev–Trinajstić information content (AvgIpc) is 2.94. The van der Waals surface area contributed by atoms with Crippen LogP contribution >= 0.6 is 35.1 Å². The highest BCUT2D eigenvalue weighted by Gasteiger charge is 2.21. The number of nitrogens with zero attached hydrogens (tertiary/aromatic N) is 2. The van der Waals surface area contributed by atoms with E-state index in [1.807, 2.05) is 6.92 Å². The summed E-state index contributed by atoms with van der Waals surface area (Å²) < 4.78 is 0. The van der Waals surface area contributed by atoms with Gasteiger partial charge in [0.1, 0.15) is 4.88 Å². The molecule has 0 aliphatic heterocycles. The second kappa shape index (κ2) is 6.17. The number of carbonyl (C=O) groups excluding carboxylic acids is 1. The van der Waals surface area contributed by atoms with Crippen LogP contribution in [0.4, 0.5) is 5.13 Å². The van der Waals surface area contributed by atoms with Crippen LogP contribution in [0.15, 0.2) is 6.20 Å². The van der Waals surface area contributed by atoms with Crippen molar-refractivity contribution in [1.82, 2.24) is 9.97 Å². The molecule has 1 atom stereocenters. The van der Waals surface area contributed by atoms with Crippen molar-refractivity contribution in [2.24, 2.45) is 5.73 Å². The molecule has 20 heavy (non-hydrogen) atoms. The quantitative estimate of drug-likeness (QED) is 0.886. The first-order valence-corrected chi connectivity index (χ1v) is 7.73. The summed E-state index contributed by atoms with van der Waals surface area (Å²) in [5.74, 6) is -0.138. The molecule has 2 heterocycles. The van der Waals surface area contributed by atoms with Gasteiger partial charge in [0.05, 0.1) is 16.9 Å². The number of hydrogen-bond donors (Lipinski definition) is 2. The summed E-state index contributed by atoms with van der Waals surface area (Å²) in [5.41, 5.74) is 7.02. The van der Waals surface area contributed by atoms with Gasteiger partial charge >= 0.3 is 0 Å². The molecule has 0 bridgehead atoms. The van der Waals surface area contributed by atoms with Crippen LogP contribution in [0.5, 0.6) is 0 Å². The first-order chi connectivity index (χ1) is 9.11. The van der Waals surface area contributed by atoms with Gasteiger partial charge in [-0.25, -0.2) is 9.97 Å². The molecule has 2 aromatic rings. The minimum absolute atomic E-state index is 0. The Kier molecular flexibility index (Phi) is 4.74. The molecule has 0 aromatic carbocycles. The molecule has 3 N–H and O–H groups in total. The van der Waals surface area contributed by atoms with Crippen molar-refractivity contribution in [2.75, 3.05) is 5.32 Å². The topological polar surface area (TPSA) is 80.9 Å². The van der Waals surface area contributed by atoms with Crippen molar-refractivity contribution in [3.63, 3.8) is 0 Å². The number of thiazole rings is 2. The Balaban J connectivity index is 0.00000147. The summed E-state index contributed by atoms with van der Waals surface area (Å²) in [6.45, 7) is 1.88. The minimum Gasteiger partial charge on any atom is -0.327 e. The Morgan fingerprint density at radius 3 is 3.00 bits per heavy atom. The number of nitrogens with two attached hydrogens (primary N) is 1. The summed E-state index contributed by atoms with van der Waals surface area (Å²) in [4.78, 5) is 22.4. The molecule has 2 aromatic heterocycles. The molecule has 8 heteroatoms. The third-order valence-corrected chi connectivity index (χ3v) is 4.99. The molecular weight excluding hydrogens is 316 g/mol. The number of fused-ring (bicyclic) bond motifs is 1. The van der Waals surface area contributed by atoms with Crippen molar-refractivity contribution in [3.05, 3.63) is 26.7 Å². The second-order valence-electron chi connectivity index (χ2n) is 4.59. The fraction of sp³-hybridized carbons (Fsp3) is 0.417. The van der Waals surface area contributed by atoms with Gasteiger partial charge in [-0.3, -0.25) is 10.1 Å². The Bertz CT molecular complexity index is 625. The fourth-order valence-corrected chi connectivity index (χ4v) is 3.85. The Morgan fingerprint density at radius 1 is 1.50 bits per heavy atom. The van der Waals surface area contributed by atoms with E-state index in [0.29, 0.717) is 10.0 Å². The SMILES string of the molecule is Cc1ncc(C(=O)Nc2nc3c(s2)C[C@@H](N)CC3)s1.Cl. The van der Waals surface area contributed by atoms with Gasteiger partial charge in [-0.1, -0.05) is 0 Å². The summed E-state index contributed by atoms with van der Waals surface area (Å²) in [6.07, 6.45) is 4.34. The molecule has 5 nitrogen and oxygen atoms in total. The van der Waals surface area contributed by atoms with E-state index in [4.69, 9.17) is 5.73 Å². The van der Waals surface area contributed by atoms with Gasteiger partial charge in [-0.2, -0.15) is 0 Å². The number of aromatic nitrogens is 2. The molecule has 0 saturated heterocycles. The first kappa shape index (κ1) is 15.4. The van der Waals surface area contributed by atoms with E-state index in [0.717, 1.165) is 30.0 Å². The number of aryl methyl sites for hydroxylation is 2. The van der Waals surface area contributed by atoms with Crippen LogP contribution in [0.3, 0.4) is 0 Å². The minimum atomic E-state index is -0.138. The van der Waals surface area contributed by atoms with Gasteiger partial charge in [0.2, 0.25) is 0 Å². The van der Waals surface area contributed by atoms with Crippen LogP contribution in [-0.4, -0.2) is 21.9 Å². The van der Waals surface area contributed by atoms with Gasteiger partial charge in [0.25, 0.3) is 5.91 Å². The van der Waals surface area contributed by atoms with Crippen molar-refractivity contribution < 1.29 is 4.79 Å². The third kappa shape index (κ3) is 3.17. The van der Waals surface area contributed by atoms with Crippen molar-refractivity contribution in [1.29, 1.82) is 0 Å². The predicted octanol–water partition coefficient (Wildman–Crippen LogP) is 2.40. The lowest BCUT2D eigenvalue weighted by molar-refractivity contribution is 0.103. The van der Waals surface area contributed by atoms with Gasteiger partial charge in [0, 0.05) is 10.9 Å². The van der Waals surface area contributed by atoms with Crippen LogP contribution < -0.4 is 11.1 Å². The number of carbonyl (C=O) groups is 1. The van der Waals surface area contributed by atoms with E-state index in [2.05, 4.69) is 15.3 Å².